The lowest BCUT2D eigenvalue weighted by Gasteiger charge is -2.10. The van der Waals surface area contributed by atoms with Crippen LogP contribution < -0.4 is 10.7 Å². The molecular formula is C17H10ClN3O4. The Morgan fingerprint density at radius 3 is 2.84 bits per heavy atom. The maximum atomic E-state index is 12.9. The van der Waals surface area contributed by atoms with Crippen LogP contribution in [0.2, 0.25) is 5.02 Å². The van der Waals surface area contributed by atoms with Crippen molar-refractivity contribution >= 4 is 51.7 Å². The van der Waals surface area contributed by atoms with Crippen LogP contribution in [0.25, 0.3) is 11.0 Å². The van der Waals surface area contributed by atoms with E-state index in [1.807, 2.05) is 0 Å². The second-order valence-electron chi connectivity index (χ2n) is 5.56. The van der Waals surface area contributed by atoms with Crippen molar-refractivity contribution in [2.45, 2.75) is 6.92 Å². The number of nitro groups is 1. The third kappa shape index (κ3) is 2.36. The fraction of sp³-hybridized carbons (Fsp3) is 0.0588. The van der Waals surface area contributed by atoms with Gasteiger partial charge in [0.2, 0.25) is 11.3 Å². The normalized spacial score (nSPS) is 12.2. The van der Waals surface area contributed by atoms with Gasteiger partial charge in [0.25, 0.3) is 5.69 Å². The number of aliphatic imine (C=N–C) groups is 1. The van der Waals surface area contributed by atoms with Crippen LogP contribution in [-0.4, -0.2) is 11.1 Å². The third-order valence-corrected chi connectivity index (χ3v) is 4.47. The molecule has 0 saturated heterocycles. The highest BCUT2D eigenvalue weighted by molar-refractivity contribution is 6.32. The van der Waals surface area contributed by atoms with Crippen molar-refractivity contribution in [2.75, 3.05) is 5.32 Å². The molecule has 2 heterocycles. The fourth-order valence-electron chi connectivity index (χ4n) is 2.74. The summed E-state index contributed by atoms with van der Waals surface area (Å²) in [6.07, 6.45) is 1.35. The maximum absolute atomic E-state index is 12.9. The lowest BCUT2D eigenvalue weighted by Crippen LogP contribution is -2.12. The second-order valence-corrected chi connectivity index (χ2v) is 5.97. The molecule has 124 valence electrons. The van der Waals surface area contributed by atoms with E-state index >= 15 is 0 Å². The zero-order valence-electron chi connectivity index (χ0n) is 12.9. The average Bonchev–Trinajstić information content (AvgIpc) is 2.76. The molecule has 0 atom stereocenters. The number of nitro benzene ring substituents is 1. The van der Waals surface area contributed by atoms with E-state index in [2.05, 4.69) is 10.3 Å². The van der Waals surface area contributed by atoms with E-state index < -0.39 is 4.92 Å². The first kappa shape index (κ1) is 15.3. The van der Waals surface area contributed by atoms with Crippen LogP contribution in [0, 0.1) is 17.0 Å². The number of hydrogen-bond donors (Lipinski definition) is 1. The van der Waals surface area contributed by atoms with Crippen LogP contribution in [0.1, 0.15) is 11.1 Å². The molecule has 0 saturated carbocycles. The predicted molar refractivity (Wildman–Crippen MR) is 95.9 cm³/mol. The molecule has 0 amide bonds. The van der Waals surface area contributed by atoms with Crippen molar-refractivity contribution in [1.82, 2.24) is 0 Å². The van der Waals surface area contributed by atoms with Gasteiger partial charge in [0.05, 0.1) is 21.7 Å². The number of nitrogens with one attached hydrogen (secondary N) is 1. The minimum Gasteiger partial charge on any atom is -0.439 e. The maximum Gasteiger partial charge on any atom is 0.271 e. The first-order valence-corrected chi connectivity index (χ1v) is 7.69. The lowest BCUT2D eigenvalue weighted by molar-refractivity contribution is -0.384. The molecule has 7 nitrogen and oxygen atoms in total. The molecule has 1 N–H and O–H groups in total. The Kier molecular flexibility index (Phi) is 3.33. The topological polar surface area (TPSA) is 97.7 Å². The van der Waals surface area contributed by atoms with Gasteiger partial charge in [-0.1, -0.05) is 11.6 Å². The van der Waals surface area contributed by atoms with Crippen LogP contribution in [-0.2, 0) is 0 Å². The van der Waals surface area contributed by atoms with Gasteiger partial charge in [-0.2, -0.15) is 0 Å². The van der Waals surface area contributed by atoms with E-state index in [1.54, 1.807) is 19.1 Å². The molecule has 25 heavy (non-hydrogen) atoms. The van der Waals surface area contributed by atoms with E-state index in [-0.39, 0.29) is 22.6 Å². The number of hydrogen-bond acceptors (Lipinski definition) is 6. The van der Waals surface area contributed by atoms with E-state index in [0.29, 0.717) is 32.9 Å². The Hall–Kier alpha value is -3.19. The van der Waals surface area contributed by atoms with Crippen molar-refractivity contribution in [3.05, 3.63) is 66.8 Å². The minimum atomic E-state index is -0.503. The second kappa shape index (κ2) is 5.42. The van der Waals surface area contributed by atoms with Crippen LogP contribution in [0.3, 0.4) is 0 Å². The van der Waals surface area contributed by atoms with Gasteiger partial charge in [0.15, 0.2) is 0 Å². The molecule has 0 aliphatic carbocycles. The molecule has 0 spiro atoms. The molecule has 1 aliphatic rings. The van der Waals surface area contributed by atoms with Gasteiger partial charge in [0.1, 0.15) is 11.1 Å². The summed E-state index contributed by atoms with van der Waals surface area (Å²) in [6, 6.07) is 7.51. The average molecular weight is 356 g/mol. The zero-order valence-corrected chi connectivity index (χ0v) is 13.6. The van der Waals surface area contributed by atoms with Crippen LogP contribution in [0.15, 0.2) is 44.5 Å². The number of aryl methyl sites for hydroxylation is 1. The van der Waals surface area contributed by atoms with Gasteiger partial charge in [-0.3, -0.25) is 19.9 Å². The quantitative estimate of drug-likeness (QED) is 0.401. The van der Waals surface area contributed by atoms with E-state index in [1.165, 1.54) is 24.4 Å². The van der Waals surface area contributed by atoms with Crippen LogP contribution in [0.4, 0.5) is 22.9 Å². The van der Waals surface area contributed by atoms with E-state index in [0.717, 1.165) is 0 Å². The fourth-order valence-corrected chi connectivity index (χ4v) is 2.90. The molecule has 4 rings (SSSR count). The standard InChI is InChI=1S/C17H10ClN3O4/c1-8-11(18)3-5-14-15(8)16(22)10-7-19-13-6-9(21(23)24)2-4-12(13)20-17(10)25-14/h2-7,20H,1H3. The molecule has 0 bridgehead atoms. The molecule has 2 aromatic carbocycles. The molecule has 0 unspecified atom stereocenters. The molecule has 8 heteroatoms. The Bertz CT molecular complexity index is 1150. The van der Waals surface area contributed by atoms with Crippen molar-refractivity contribution in [3.63, 3.8) is 0 Å². The molecule has 0 radical (unpaired) electrons. The van der Waals surface area contributed by atoms with Crippen LogP contribution in [0.5, 0.6) is 0 Å². The van der Waals surface area contributed by atoms with Gasteiger partial charge >= 0.3 is 0 Å². The predicted octanol–water partition coefficient (Wildman–Crippen LogP) is 4.47. The Labute approximate surface area is 145 Å². The van der Waals surface area contributed by atoms with Gasteiger partial charge < -0.3 is 9.73 Å². The summed E-state index contributed by atoms with van der Waals surface area (Å²) in [5.74, 6) is 0.232. The smallest absolute Gasteiger partial charge is 0.271 e. The van der Waals surface area contributed by atoms with Gasteiger partial charge in [-0.15, -0.1) is 0 Å². The van der Waals surface area contributed by atoms with E-state index in [9.17, 15) is 14.9 Å². The molecule has 3 aromatic rings. The number of fused-ring (bicyclic) bond motifs is 3. The summed E-state index contributed by atoms with van der Waals surface area (Å²) in [5, 5.41) is 14.8. The summed E-state index contributed by atoms with van der Waals surface area (Å²) in [4.78, 5) is 27.5. The number of nitrogens with zero attached hydrogens (tertiary/aromatic N) is 2. The molecule has 1 aliphatic heterocycles. The number of halogens is 1. The van der Waals surface area contributed by atoms with Gasteiger partial charge in [-0.25, -0.2) is 0 Å². The minimum absolute atomic E-state index is 0.0873. The number of rotatable bonds is 1. The number of anilines is 2. The first-order valence-electron chi connectivity index (χ1n) is 7.31. The summed E-state index contributed by atoms with van der Waals surface area (Å²) in [5.41, 5.74) is 1.76. The summed E-state index contributed by atoms with van der Waals surface area (Å²) < 4.78 is 5.82. The third-order valence-electron chi connectivity index (χ3n) is 4.06. The Balaban J connectivity index is 1.97. The zero-order chi connectivity index (χ0) is 17.7. The summed E-state index contributed by atoms with van der Waals surface area (Å²) in [6.45, 7) is 1.74. The molecular weight excluding hydrogens is 346 g/mol. The SMILES string of the molecule is Cc1c(Cl)ccc2oc3c(c(=O)c12)C=Nc1cc([N+](=O)[O-])ccc1N3. The van der Waals surface area contributed by atoms with Crippen molar-refractivity contribution in [1.29, 1.82) is 0 Å². The van der Waals surface area contributed by atoms with E-state index in [4.69, 9.17) is 16.0 Å². The first-order chi connectivity index (χ1) is 12.0. The van der Waals surface area contributed by atoms with Crippen molar-refractivity contribution < 1.29 is 9.34 Å². The van der Waals surface area contributed by atoms with Gasteiger partial charge in [-0.05, 0) is 30.7 Å². The molecule has 0 fully saturated rings. The van der Waals surface area contributed by atoms with Gasteiger partial charge in [0, 0.05) is 23.4 Å². The highest BCUT2D eigenvalue weighted by Crippen LogP contribution is 2.36. The largest absolute Gasteiger partial charge is 0.439 e. The van der Waals surface area contributed by atoms with Crippen molar-refractivity contribution in [2.24, 2.45) is 4.99 Å². The highest BCUT2D eigenvalue weighted by Gasteiger charge is 2.20. The summed E-state index contributed by atoms with van der Waals surface area (Å²) in [7, 11) is 0. The monoisotopic (exact) mass is 355 g/mol. The van der Waals surface area contributed by atoms with Crippen molar-refractivity contribution in [3.8, 4) is 0 Å². The lowest BCUT2D eigenvalue weighted by atomic mass is 10.1. The number of benzene rings is 2. The highest BCUT2D eigenvalue weighted by atomic mass is 35.5. The number of non-ortho nitro benzene ring substituents is 1. The molecule has 1 aromatic heterocycles. The Morgan fingerprint density at radius 2 is 2.08 bits per heavy atom. The summed E-state index contributed by atoms with van der Waals surface area (Å²) >= 11 is 6.10. The Morgan fingerprint density at radius 1 is 1.28 bits per heavy atom. The van der Waals surface area contributed by atoms with Crippen LogP contribution >= 0.6 is 11.6 Å².